The lowest BCUT2D eigenvalue weighted by Crippen LogP contribution is -2.34. The van der Waals surface area contributed by atoms with Crippen molar-refractivity contribution in [2.24, 2.45) is 5.92 Å². The Morgan fingerprint density at radius 1 is 1.24 bits per heavy atom. The largest absolute Gasteiger partial charge is 0.464 e. The predicted molar refractivity (Wildman–Crippen MR) is 113 cm³/mol. The Bertz CT molecular complexity index is 999. The fourth-order valence-electron chi connectivity index (χ4n) is 2.47. The summed E-state index contributed by atoms with van der Waals surface area (Å²) >= 11 is 13.0. The third-order valence-corrected chi connectivity index (χ3v) is 5.58. The van der Waals surface area contributed by atoms with Crippen LogP contribution in [0.1, 0.15) is 19.6 Å². The molecule has 1 aromatic carbocycles. The number of esters is 1. The second kappa shape index (κ2) is 9.07. The van der Waals surface area contributed by atoms with E-state index in [1.165, 1.54) is 6.08 Å². The van der Waals surface area contributed by atoms with Crippen LogP contribution in [-0.4, -0.2) is 35.2 Å². The van der Waals surface area contributed by atoms with Crippen molar-refractivity contribution < 1.29 is 23.5 Å². The molecule has 29 heavy (non-hydrogen) atoms. The summed E-state index contributed by atoms with van der Waals surface area (Å²) in [4.78, 5) is 37.5. The Hall–Kier alpha value is -2.22. The maximum Gasteiger partial charge on any atom is 0.326 e. The molecule has 1 aliphatic heterocycles. The number of thioether (sulfide) groups is 1. The van der Waals surface area contributed by atoms with Gasteiger partial charge in [-0.3, -0.25) is 19.3 Å². The number of ether oxygens (including phenoxy) is 1. The Balaban J connectivity index is 1.74. The van der Waals surface area contributed by atoms with Crippen LogP contribution in [-0.2, 0) is 14.3 Å². The van der Waals surface area contributed by atoms with Crippen LogP contribution in [0.2, 0.25) is 10.0 Å². The summed E-state index contributed by atoms with van der Waals surface area (Å²) in [5, 5.41) is 0.218. The molecule has 152 valence electrons. The number of halogens is 2. The summed E-state index contributed by atoms with van der Waals surface area (Å²) in [6.45, 7) is 3.59. The van der Waals surface area contributed by atoms with E-state index < -0.39 is 23.7 Å². The van der Waals surface area contributed by atoms with Crippen molar-refractivity contribution >= 4 is 58.2 Å². The van der Waals surface area contributed by atoms with Gasteiger partial charge in [0, 0.05) is 11.6 Å². The van der Waals surface area contributed by atoms with Gasteiger partial charge in [-0.1, -0.05) is 43.1 Å². The highest BCUT2D eigenvalue weighted by Gasteiger charge is 2.37. The van der Waals surface area contributed by atoms with Crippen LogP contribution in [0.4, 0.5) is 4.79 Å². The van der Waals surface area contributed by atoms with Gasteiger partial charge in [-0.05, 0) is 41.9 Å². The van der Waals surface area contributed by atoms with Gasteiger partial charge >= 0.3 is 5.97 Å². The highest BCUT2D eigenvalue weighted by molar-refractivity contribution is 8.18. The van der Waals surface area contributed by atoms with Crippen LogP contribution in [0.5, 0.6) is 0 Å². The van der Waals surface area contributed by atoms with E-state index in [1.54, 1.807) is 30.3 Å². The number of hydrogen-bond donors (Lipinski definition) is 0. The van der Waals surface area contributed by atoms with Crippen LogP contribution in [0.3, 0.4) is 0 Å². The zero-order valence-electron chi connectivity index (χ0n) is 15.6. The average molecular weight is 454 g/mol. The van der Waals surface area contributed by atoms with E-state index in [4.69, 9.17) is 32.4 Å². The third kappa shape index (κ3) is 5.04. The maximum atomic E-state index is 12.5. The molecular weight excluding hydrogens is 437 g/mol. The summed E-state index contributed by atoms with van der Waals surface area (Å²) < 4.78 is 10.8. The van der Waals surface area contributed by atoms with Crippen LogP contribution < -0.4 is 0 Å². The van der Waals surface area contributed by atoms with Gasteiger partial charge in [0.1, 0.15) is 18.1 Å². The zero-order chi connectivity index (χ0) is 21.1. The van der Waals surface area contributed by atoms with Gasteiger partial charge in [-0.2, -0.15) is 0 Å². The van der Waals surface area contributed by atoms with Crippen molar-refractivity contribution in [2.75, 3.05) is 13.2 Å². The molecule has 0 unspecified atom stereocenters. The van der Waals surface area contributed by atoms with Crippen molar-refractivity contribution in [3.05, 3.63) is 51.0 Å². The van der Waals surface area contributed by atoms with E-state index in [-0.39, 0.29) is 17.4 Å². The van der Waals surface area contributed by atoms with Gasteiger partial charge in [0.05, 0.1) is 21.6 Å². The van der Waals surface area contributed by atoms with E-state index in [0.717, 1.165) is 16.7 Å². The van der Waals surface area contributed by atoms with Gasteiger partial charge in [-0.15, -0.1) is 0 Å². The Morgan fingerprint density at radius 3 is 2.72 bits per heavy atom. The minimum absolute atomic E-state index is 0.157. The van der Waals surface area contributed by atoms with E-state index in [2.05, 4.69) is 0 Å². The predicted octanol–water partition coefficient (Wildman–Crippen LogP) is 5.49. The van der Waals surface area contributed by atoms with Crippen LogP contribution in [0.25, 0.3) is 17.4 Å². The Morgan fingerprint density at radius 2 is 2.00 bits per heavy atom. The molecule has 0 radical (unpaired) electrons. The van der Waals surface area contributed by atoms with Crippen LogP contribution in [0.15, 0.2) is 39.7 Å². The molecule has 3 rings (SSSR count). The summed E-state index contributed by atoms with van der Waals surface area (Å²) in [6.07, 6.45) is 1.45. The van der Waals surface area contributed by atoms with Gasteiger partial charge in [0.25, 0.3) is 11.1 Å². The van der Waals surface area contributed by atoms with E-state index >= 15 is 0 Å². The first-order chi connectivity index (χ1) is 13.8. The molecule has 1 fully saturated rings. The number of nitrogens with zero attached hydrogens (tertiary/aromatic N) is 1. The number of rotatable bonds is 6. The second-order valence-corrected chi connectivity index (χ2v) is 8.43. The second-order valence-electron chi connectivity index (χ2n) is 6.65. The lowest BCUT2D eigenvalue weighted by Gasteiger charge is -2.12. The lowest BCUT2D eigenvalue weighted by atomic mass is 10.2. The molecule has 0 saturated carbocycles. The molecule has 0 aliphatic carbocycles. The van der Waals surface area contributed by atoms with E-state index in [9.17, 15) is 14.4 Å². The smallest absolute Gasteiger partial charge is 0.326 e. The summed E-state index contributed by atoms with van der Waals surface area (Å²) in [5.74, 6) is -0.197. The number of furan rings is 1. The molecule has 0 spiro atoms. The first-order valence-electron chi connectivity index (χ1n) is 8.71. The molecule has 0 atom stereocenters. The van der Waals surface area contributed by atoms with Crippen molar-refractivity contribution in [1.29, 1.82) is 0 Å². The Labute approximate surface area is 181 Å². The quantitative estimate of drug-likeness (QED) is 0.425. The average Bonchev–Trinajstić information content (AvgIpc) is 3.23. The first-order valence-corrected chi connectivity index (χ1v) is 10.3. The highest BCUT2D eigenvalue weighted by Crippen LogP contribution is 2.36. The van der Waals surface area contributed by atoms with Gasteiger partial charge in [0.15, 0.2) is 0 Å². The van der Waals surface area contributed by atoms with Gasteiger partial charge in [-0.25, -0.2) is 0 Å². The zero-order valence-corrected chi connectivity index (χ0v) is 17.9. The molecule has 2 amide bonds. The van der Waals surface area contributed by atoms with Crippen molar-refractivity contribution in [3.63, 3.8) is 0 Å². The third-order valence-electron chi connectivity index (χ3n) is 3.86. The standard InChI is InChI=1S/C20H17Cl2NO5S/c1-11(2)10-27-17(24)9-23-19(25)16(29-20(23)26)8-12-6-7-15(28-12)13-4-3-5-14(21)18(13)22/h3-8,11H,9-10H2,1-2H3/b16-8+. The topological polar surface area (TPSA) is 76.8 Å². The van der Waals surface area contributed by atoms with E-state index in [1.807, 2.05) is 13.8 Å². The van der Waals surface area contributed by atoms with Crippen molar-refractivity contribution in [3.8, 4) is 11.3 Å². The summed E-state index contributed by atoms with van der Waals surface area (Å²) in [7, 11) is 0. The fraction of sp³-hybridized carbons (Fsp3) is 0.250. The van der Waals surface area contributed by atoms with Crippen molar-refractivity contribution in [2.45, 2.75) is 13.8 Å². The van der Waals surface area contributed by atoms with E-state index in [0.29, 0.717) is 27.1 Å². The number of carbonyl (C=O) groups excluding carboxylic acids is 3. The van der Waals surface area contributed by atoms with Gasteiger partial charge < -0.3 is 9.15 Å². The lowest BCUT2D eigenvalue weighted by molar-refractivity contribution is -0.147. The maximum absolute atomic E-state index is 12.5. The normalized spacial score (nSPS) is 15.6. The molecule has 0 bridgehead atoms. The molecule has 6 nitrogen and oxygen atoms in total. The minimum atomic E-state index is -0.627. The molecule has 1 aromatic heterocycles. The monoisotopic (exact) mass is 453 g/mol. The first kappa shape index (κ1) is 21.5. The van der Waals surface area contributed by atoms with Gasteiger partial charge in [0.2, 0.25) is 0 Å². The molecule has 9 heteroatoms. The number of benzene rings is 1. The number of hydrogen-bond acceptors (Lipinski definition) is 6. The molecule has 0 N–H and O–H groups in total. The number of imide groups is 1. The SMILES string of the molecule is CC(C)COC(=O)CN1C(=O)S/C(=C/c2ccc(-c3cccc(Cl)c3Cl)o2)C1=O. The minimum Gasteiger partial charge on any atom is -0.464 e. The molecule has 1 saturated heterocycles. The Kier molecular flexibility index (Phi) is 6.72. The summed E-state index contributed by atoms with van der Waals surface area (Å²) in [6, 6.07) is 8.51. The summed E-state index contributed by atoms with van der Waals surface area (Å²) in [5.41, 5.74) is 0.611. The van der Waals surface area contributed by atoms with Crippen LogP contribution >= 0.6 is 35.0 Å². The molecular formula is C20H17Cl2NO5S. The highest BCUT2D eigenvalue weighted by atomic mass is 35.5. The number of amides is 2. The van der Waals surface area contributed by atoms with Crippen LogP contribution in [0, 0.1) is 5.92 Å². The number of carbonyl (C=O) groups is 3. The van der Waals surface area contributed by atoms with Crippen molar-refractivity contribution in [1.82, 2.24) is 4.90 Å². The molecule has 2 aromatic rings. The molecule has 2 heterocycles. The molecule has 1 aliphatic rings. The fourth-order valence-corrected chi connectivity index (χ4v) is 3.68.